The van der Waals surface area contributed by atoms with E-state index in [2.05, 4.69) is 45.9 Å². The third-order valence-corrected chi connectivity index (χ3v) is 6.77. The zero-order chi connectivity index (χ0) is 22.9. The zero-order valence-electron chi connectivity index (χ0n) is 18.5. The number of fused-ring (bicyclic) bond motifs is 1. The summed E-state index contributed by atoms with van der Waals surface area (Å²) >= 11 is 4.38. The molecule has 5 rings (SSSR count). The molecule has 2 heterocycles. The second-order valence-corrected chi connectivity index (χ2v) is 9.02. The molecule has 3 aromatic carbocycles. The molecule has 0 saturated carbocycles. The number of halogens is 2. The van der Waals surface area contributed by atoms with Crippen molar-refractivity contribution in [2.45, 2.75) is 19.5 Å². The molecule has 0 N–H and O–H groups in total. The van der Waals surface area contributed by atoms with E-state index < -0.39 is 0 Å². The standard InChI is InChI=1S/C26H26F2N4S/c1-18-24-16-19(2-11-25(24)32(33)29-18)17-30-12-14-31(15-13-30)26(20-3-7-22(27)8-4-20)21-5-9-23(28)10-6-21/h2-11,16,26,33H,12-15,17H2,1H3. The summed E-state index contributed by atoms with van der Waals surface area (Å²) in [6.45, 7) is 6.45. The zero-order valence-corrected chi connectivity index (χ0v) is 19.4. The second-order valence-electron chi connectivity index (χ2n) is 8.64. The lowest BCUT2D eigenvalue weighted by atomic mass is 9.96. The number of benzene rings is 3. The van der Waals surface area contributed by atoms with E-state index in [4.69, 9.17) is 0 Å². The van der Waals surface area contributed by atoms with Crippen molar-refractivity contribution in [3.8, 4) is 0 Å². The lowest BCUT2D eigenvalue weighted by Gasteiger charge is -2.40. The highest BCUT2D eigenvalue weighted by molar-refractivity contribution is 7.78. The minimum atomic E-state index is -0.253. The minimum absolute atomic E-state index is 0.0337. The van der Waals surface area contributed by atoms with E-state index >= 15 is 0 Å². The molecule has 4 aromatic rings. The quantitative estimate of drug-likeness (QED) is 0.410. The Kier molecular flexibility index (Phi) is 6.19. The normalized spacial score (nSPS) is 15.5. The number of aromatic nitrogens is 2. The van der Waals surface area contributed by atoms with E-state index in [0.29, 0.717) is 0 Å². The third-order valence-electron chi connectivity index (χ3n) is 6.46. The fourth-order valence-corrected chi connectivity index (χ4v) is 5.05. The maximum absolute atomic E-state index is 13.6. The van der Waals surface area contributed by atoms with E-state index in [-0.39, 0.29) is 17.7 Å². The van der Waals surface area contributed by atoms with Crippen molar-refractivity contribution in [2.24, 2.45) is 0 Å². The number of piperazine rings is 1. The van der Waals surface area contributed by atoms with Crippen LogP contribution in [-0.4, -0.2) is 45.2 Å². The monoisotopic (exact) mass is 464 g/mol. The molecule has 7 heteroatoms. The van der Waals surface area contributed by atoms with E-state index in [1.54, 1.807) is 4.09 Å². The number of thiol groups is 1. The van der Waals surface area contributed by atoms with Crippen LogP contribution in [0.4, 0.5) is 8.78 Å². The highest BCUT2D eigenvalue weighted by Gasteiger charge is 2.26. The average Bonchev–Trinajstić information content (AvgIpc) is 3.10. The van der Waals surface area contributed by atoms with Gasteiger partial charge in [-0.15, -0.1) is 0 Å². The van der Waals surface area contributed by atoms with Crippen molar-refractivity contribution in [3.05, 3.63) is 101 Å². The van der Waals surface area contributed by atoms with Gasteiger partial charge in [-0.25, -0.2) is 12.9 Å². The van der Waals surface area contributed by atoms with Gasteiger partial charge in [0.05, 0.1) is 17.3 Å². The van der Waals surface area contributed by atoms with Crippen LogP contribution >= 0.6 is 12.8 Å². The molecule has 0 bridgehead atoms. The molecule has 1 aliphatic heterocycles. The van der Waals surface area contributed by atoms with Gasteiger partial charge >= 0.3 is 0 Å². The smallest absolute Gasteiger partial charge is 0.123 e. The van der Waals surface area contributed by atoms with Gasteiger partial charge in [0.15, 0.2) is 0 Å². The fourth-order valence-electron chi connectivity index (χ4n) is 4.74. The molecule has 1 aromatic heterocycles. The Balaban J connectivity index is 1.32. The van der Waals surface area contributed by atoms with E-state index in [1.165, 1.54) is 29.8 Å². The molecule has 4 nitrogen and oxygen atoms in total. The van der Waals surface area contributed by atoms with E-state index in [1.807, 2.05) is 31.2 Å². The first-order chi connectivity index (χ1) is 16.0. The molecular formula is C26H26F2N4S. The average molecular weight is 465 g/mol. The first kappa shape index (κ1) is 22.1. The first-order valence-electron chi connectivity index (χ1n) is 11.1. The number of aryl methyl sites for hydroxylation is 1. The van der Waals surface area contributed by atoms with Crippen LogP contribution in [0.1, 0.15) is 28.4 Å². The maximum atomic E-state index is 13.6. The lowest BCUT2D eigenvalue weighted by Crippen LogP contribution is -2.47. The first-order valence-corrected chi connectivity index (χ1v) is 11.5. The number of rotatable bonds is 5. The highest BCUT2D eigenvalue weighted by atomic mass is 32.1. The maximum Gasteiger partial charge on any atom is 0.123 e. The third kappa shape index (κ3) is 4.67. The van der Waals surface area contributed by atoms with Crippen LogP contribution in [0, 0.1) is 18.6 Å². The van der Waals surface area contributed by atoms with Crippen LogP contribution in [0.3, 0.4) is 0 Å². The lowest BCUT2D eigenvalue weighted by molar-refractivity contribution is 0.105. The summed E-state index contributed by atoms with van der Waals surface area (Å²) in [4.78, 5) is 4.85. The Morgan fingerprint density at radius 3 is 2.00 bits per heavy atom. The van der Waals surface area contributed by atoms with Crippen molar-refractivity contribution in [3.63, 3.8) is 0 Å². The van der Waals surface area contributed by atoms with E-state index in [0.717, 1.165) is 60.4 Å². The van der Waals surface area contributed by atoms with Crippen LogP contribution in [0.25, 0.3) is 10.9 Å². The molecule has 0 aliphatic carbocycles. The second kappa shape index (κ2) is 9.25. The van der Waals surface area contributed by atoms with Gasteiger partial charge < -0.3 is 0 Å². The Morgan fingerprint density at radius 1 is 0.848 bits per heavy atom. The molecule has 0 amide bonds. The molecule has 0 unspecified atom stereocenters. The number of hydrogen-bond acceptors (Lipinski definition) is 4. The molecule has 0 spiro atoms. The fraction of sp³-hybridized carbons (Fsp3) is 0.269. The van der Waals surface area contributed by atoms with Crippen LogP contribution in [0.15, 0.2) is 66.7 Å². The number of nitrogens with zero attached hydrogens (tertiary/aromatic N) is 4. The van der Waals surface area contributed by atoms with Crippen LogP contribution < -0.4 is 0 Å². The van der Waals surface area contributed by atoms with Crippen LogP contribution in [-0.2, 0) is 6.54 Å². The Hall–Kier alpha value is -2.74. The molecule has 1 fully saturated rings. The molecular weight excluding hydrogens is 438 g/mol. The number of hydrogen-bond donors (Lipinski definition) is 1. The van der Waals surface area contributed by atoms with Crippen molar-refractivity contribution < 1.29 is 8.78 Å². The minimum Gasteiger partial charge on any atom is -0.297 e. The largest absolute Gasteiger partial charge is 0.297 e. The van der Waals surface area contributed by atoms with Gasteiger partial charge in [-0.1, -0.05) is 30.3 Å². The Labute approximate surface area is 198 Å². The highest BCUT2D eigenvalue weighted by Crippen LogP contribution is 2.30. The molecule has 1 saturated heterocycles. The predicted molar refractivity (Wildman–Crippen MR) is 130 cm³/mol. The summed E-state index contributed by atoms with van der Waals surface area (Å²) in [5.74, 6) is -0.505. The van der Waals surface area contributed by atoms with Crippen LogP contribution in [0.2, 0.25) is 0 Å². The summed E-state index contributed by atoms with van der Waals surface area (Å²) in [6, 6.07) is 19.7. The summed E-state index contributed by atoms with van der Waals surface area (Å²) in [5.41, 5.74) is 5.29. The van der Waals surface area contributed by atoms with Crippen molar-refractivity contribution in [1.29, 1.82) is 0 Å². The Bertz CT molecular complexity index is 1200. The SMILES string of the molecule is Cc1nn(S)c2ccc(CN3CCN(C(c4ccc(F)cc4)c4ccc(F)cc4)CC3)cc12. The van der Waals surface area contributed by atoms with Gasteiger partial charge in [0, 0.05) is 38.1 Å². The summed E-state index contributed by atoms with van der Waals surface area (Å²) in [5, 5.41) is 5.52. The van der Waals surface area contributed by atoms with Gasteiger partial charge in [0.1, 0.15) is 11.6 Å². The topological polar surface area (TPSA) is 24.3 Å². The molecule has 33 heavy (non-hydrogen) atoms. The predicted octanol–water partition coefficient (Wildman–Crippen LogP) is 5.22. The van der Waals surface area contributed by atoms with Gasteiger partial charge in [-0.3, -0.25) is 9.80 Å². The van der Waals surface area contributed by atoms with Crippen molar-refractivity contribution in [1.82, 2.24) is 19.0 Å². The summed E-state index contributed by atoms with van der Waals surface area (Å²) in [6.07, 6.45) is 0. The van der Waals surface area contributed by atoms with Gasteiger partial charge in [0.2, 0.25) is 0 Å². The van der Waals surface area contributed by atoms with E-state index in [9.17, 15) is 8.78 Å². The molecule has 0 atom stereocenters. The van der Waals surface area contributed by atoms with Gasteiger partial charge in [-0.2, -0.15) is 5.10 Å². The summed E-state index contributed by atoms with van der Waals surface area (Å²) < 4.78 is 28.7. The Morgan fingerprint density at radius 2 is 1.42 bits per heavy atom. The van der Waals surface area contributed by atoms with Crippen molar-refractivity contribution in [2.75, 3.05) is 26.2 Å². The van der Waals surface area contributed by atoms with Gasteiger partial charge in [0.25, 0.3) is 0 Å². The summed E-state index contributed by atoms with van der Waals surface area (Å²) in [7, 11) is 0. The molecule has 0 radical (unpaired) electrons. The molecule has 170 valence electrons. The van der Waals surface area contributed by atoms with Gasteiger partial charge in [-0.05, 0) is 72.8 Å². The van der Waals surface area contributed by atoms with Crippen LogP contribution in [0.5, 0.6) is 0 Å². The molecule has 1 aliphatic rings. The van der Waals surface area contributed by atoms with Crippen molar-refractivity contribution >= 4 is 23.7 Å².